The predicted molar refractivity (Wildman–Crippen MR) is 116 cm³/mol. The summed E-state index contributed by atoms with van der Waals surface area (Å²) < 4.78 is 16.4. The molecule has 0 amide bonds. The van der Waals surface area contributed by atoms with Gasteiger partial charge in [0.25, 0.3) is 0 Å². The van der Waals surface area contributed by atoms with Crippen molar-refractivity contribution in [1.82, 2.24) is 0 Å². The van der Waals surface area contributed by atoms with Crippen molar-refractivity contribution in [3.63, 3.8) is 0 Å². The lowest BCUT2D eigenvalue weighted by Gasteiger charge is -2.17. The Morgan fingerprint density at radius 3 is 1.81 bits per heavy atom. The van der Waals surface area contributed by atoms with Crippen LogP contribution in [-0.4, -0.2) is 11.9 Å². The lowest BCUT2D eigenvalue weighted by atomic mass is 9.92. The molecule has 0 saturated heterocycles. The van der Waals surface area contributed by atoms with Gasteiger partial charge in [-0.1, -0.05) is 60.7 Å². The Morgan fingerprint density at radius 2 is 1.26 bits per heavy atom. The molecule has 0 aliphatic carbocycles. The first-order valence-corrected chi connectivity index (χ1v) is 9.57. The van der Waals surface area contributed by atoms with E-state index in [1.807, 2.05) is 48.5 Å². The van der Waals surface area contributed by atoms with Crippen LogP contribution in [0, 0.1) is 0 Å². The van der Waals surface area contributed by atoms with E-state index in [1.165, 1.54) is 26.0 Å². The molecule has 154 valence electrons. The van der Waals surface area contributed by atoms with Crippen LogP contribution in [0.25, 0.3) is 33.2 Å². The second-order valence-corrected chi connectivity index (χ2v) is 6.82. The molecule has 6 nitrogen and oxygen atoms in total. The smallest absolute Gasteiger partial charge is 0.344 e. The van der Waals surface area contributed by atoms with Crippen LogP contribution in [-0.2, 0) is 9.59 Å². The number of fused-ring (bicyclic) bond motifs is 1. The Morgan fingerprint density at radius 1 is 0.710 bits per heavy atom. The largest absolute Gasteiger partial charge is 0.423 e. The van der Waals surface area contributed by atoms with E-state index in [-0.39, 0.29) is 17.1 Å². The number of hydrogen-bond acceptors (Lipinski definition) is 6. The van der Waals surface area contributed by atoms with Gasteiger partial charge in [0.05, 0.1) is 10.9 Å². The van der Waals surface area contributed by atoms with Crippen LogP contribution in [0.5, 0.6) is 11.5 Å². The molecule has 1 heterocycles. The van der Waals surface area contributed by atoms with Gasteiger partial charge in [0, 0.05) is 19.4 Å². The molecule has 31 heavy (non-hydrogen) atoms. The Labute approximate surface area is 177 Å². The summed E-state index contributed by atoms with van der Waals surface area (Å²) in [5.74, 6) is -1.11. The Hall–Kier alpha value is -4.19. The third kappa shape index (κ3) is 3.96. The van der Waals surface area contributed by atoms with Gasteiger partial charge >= 0.3 is 17.6 Å². The molecule has 4 aromatic rings. The summed E-state index contributed by atoms with van der Waals surface area (Å²) in [7, 11) is 0. The molecule has 0 N–H and O–H groups in total. The summed E-state index contributed by atoms with van der Waals surface area (Å²) in [6.07, 6.45) is 0. The van der Waals surface area contributed by atoms with Gasteiger partial charge in [-0.05, 0) is 23.3 Å². The average molecular weight is 414 g/mol. The number of ether oxygens (including phenoxy) is 2. The zero-order chi connectivity index (χ0) is 22.0. The van der Waals surface area contributed by atoms with Crippen molar-refractivity contribution in [2.45, 2.75) is 13.8 Å². The summed E-state index contributed by atoms with van der Waals surface area (Å²) in [5, 5.41) is 0.360. The Bertz CT molecular complexity index is 1340. The third-order valence-electron chi connectivity index (χ3n) is 4.61. The highest BCUT2D eigenvalue weighted by molar-refractivity contribution is 6.06. The van der Waals surface area contributed by atoms with Crippen molar-refractivity contribution in [3.05, 3.63) is 83.2 Å². The van der Waals surface area contributed by atoms with Gasteiger partial charge in [0.2, 0.25) is 0 Å². The number of benzene rings is 3. The van der Waals surface area contributed by atoms with Crippen LogP contribution in [0.15, 0.2) is 82.0 Å². The maximum Gasteiger partial charge on any atom is 0.344 e. The number of carbonyl (C=O) groups excluding carboxylic acids is 2. The second kappa shape index (κ2) is 8.28. The molecule has 0 atom stereocenters. The molecule has 0 bridgehead atoms. The molecule has 3 aromatic carbocycles. The van der Waals surface area contributed by atoms with Gasteiger partial charge in [-0.15, -0.1) is 0 Å². The summed E-state index contributed by atoms with van der Waals surface area (Å²) in [6, 6.07) is 21.2. The Balaban J connectivity index is 2.21. The highest BCUT2D eigenvalue weighted by Gasteiger charge is 2.24. The second-order valence-electron chi connectivity index (χ2n) is 6.82. The minimum absolute atomic E-state index is 0.0139. The molecule has 0 spiro atoms. The molecule has 0 aliphatic heterocycles. The minimum Gasteiger partial charge on any atom is -0.423 e. The van der Waals surface area contributed by atoms with Crippen molar-refractivity contribution in [3.8, 4) is 33.8 Å². The molecular formula is C25H18O6. The molecular weight excluding hydrogens is 396 g/mol. The fraction of sp³-hybridized carbons (Fsp3) is 0.0800. The Kier molecular flexibility index (Phi) is 5.37. The fourth-order valence-corrected chi connectivity index (χ4v) is 3.49. The molecule has 0 unspecified atom stereocenters. The van der Waals surface area contributed by atoms with Crippen LogP contribution in [0.1, 0.15) is 13.8 Å². The van der Waals surface area contributed by atoms with Crippen LogP contribution in [0.4, 0.5) is 0 Å². The van der Waals surface area contributed by atoms with E-state index < -0.39 is 17.6 Å². The monoisotopic (exact) mass is 414 g/mol. The summed E-state index contributed by atoms with van der Waals surface area (Å²) >= 11 is 0. The first kappa shape index (κ1) is 20.1. The van der Waals surface area contributed by atoms with Gasteiger partial charge in [-0.25, -0.2) is 4.79 Å². The van der Waals surface area contributed by atoms with Gasteiger partial charge in [0.1, 0.15) is 5.58 Å². The lowest BCUT2D eigenvalue weighted by molar-refractivity contribution is -0.134. The average Bonchev–Trinajstić information content (AvgIpc) is 2.75. The number of carbonyl (C=O) groups is 2. The molecule has 0 saturated carbocycles. The van der Waals surface area contributed by atoms with Gasteiger partial charge in [0.15, 0.2) is 11.5 Å². The van der Waals surface area contributed by atoms with Crippen molar-refractivity contribution >= 4 is 22.9 Å². The van der Waals surface area contributed by atoms with E-state index in [1.54, 1.807) is 12.1 Å². The molecule has 6 heteroatoms. The zero-order valence-corrected chi connectivity index (χ0v) is 16.9. The first-order valence-electron chi connectivity index (χ1n) is 9.57. The number of rotatable bonds is 4. The summed E-state index contributed by atoms with van der Waals surface area (Å²) in [6.45, 7) is 2.50. The predicted octanol–water partition coefficient (Wildman–Crippen LogP) is 4.98. The van der Waals surface area contributed by atoms with E-state index in [2.05, 4.69) is 0 Å². The standard InChI is InChI=1S/C25H18O6/c1-15(26)29-20-14-13-19-23(24(20)30-16(2)27)21(17-9-5-3-6-10-17)22(25(28)31-19)18-11-7-4-8-12-18/h3-14H,1-2H3. The maximum absolute atomic E-state index is 13.1. The molecule has 4 rings (SSSR count). The van der Waals surface area contributed by atoms with Gasteiger partial charge in [-0.3, -0.25) is 9.59 Å². The highest BCUT2D eigenvalue weighted by Crippen LogP contribution is 2.44. The zero-order valence-electron chi connectivity index (χ0n) is 16.9. The quantitative estimate of drug-likeness (QED) is 0.266. The third-order valence-corrected chi connectivity index (χ3v) is 4.61. The topological polar surface area (TPSA) is 82.8 Å². The number of esters is 2. The summed E-state index contributed by atoms with van der Waals surface area (Å²) in [5.41, 5.74) is 1.86. The molecule has 0 fully saturated rings. The molecule has 0 aliphatic rings. The van der Waals surface area contributed by atoms with E-state index >= 15 is 0 Å². The van der Waals surface area contributed by atoms with Gasteiger partial charge in [-0.2, -0.15) is 0 Å². The number of hydrogen-bond donors (Lipinski definition) is 0. The summed E-state index contributed by atoms with van der Waals surface area (Å²) in [4.78, 5) is 36.6. The van der Waals surface area contributed by atoms with Crippen LogP contribution < -0.4 is 15.1 Å². The van der Waals surface area contributed by atoms with Crippen LogP contribution >= 0.6 is 0 Å². The van der Waals surface area contributed by atoms with E-state index in [0.29, 0.717) is 27.6 Å². The minimum atomic E-state index is -0.604. The highest BCUT2D eigenvalue weighted by atomic mass is 16.6. The van der Waals surface area contributed by atoms with Crippen molar-refractivity contribution in [2.75, 3.05) is 0 Å². The molecule has 1 aromatic heterocycles. The van der Waals surface area contributed by atoms with Crippen molar-refractivity contribution < 1.29 is 23.5 Å². The maximum atomic E-state index is 13.1. The SMILES string of the molecule is CC(=O)Oc1ccc2oc(=O)c(-c3ccccc3)c(-c3ccccc3)c2c1OC(C)=O. The van der Waals surface area contributed by atoms with Crippen LogP contribution in [0.2, 0.25) is 0 Å². The first-order chi connectivity index (χ1) is 15.0. The van der Waals surface area contributed by atoms with Crippen molar-refractivity contribution in [1.29, 1.82) is 0 Å². The normalized spacial score (nSPS) is 10.6. The van der Waals surface area contributed by atoms with E-state index in [0.717, 1.165) is 0 Å². The lowest BCUT2D eigenvalue weighted by Crippen LogP contribution is -2.10. The van der Waals surface area contributed by atoms with Crippen LogP contribution in [0.3, 0.4) is 0 Å². The van der Waals surface area contributed by atoms with Gasteiger partial charge < -0.3 is 13.9 Å². The fourth-order valence-electron chi connectivity index (χ4n) is 3.49. The molecule has 0 radical (unpaired) electrons. The van der Waals surface area contributed by atoms with Crippen molar-refractivity contribution in [2.24, 2.45) is 0 Å². The van der Waals surface area contributed by atoms with E-state index in [4.69, 9.17) is 13.9 Å². The van der Waals surface area contributed by atoms with E-state index in [9.17, 15) is 14.4 Å².